The molecule has 3 heteroatoms. The Bertz CT molecular complexity index is 283. The minimum atomic E-state index is 0. The molecule has 0 aliphatic carbocycles. The van der Waals surface area contributed by atoms with Gasteiger partial charge in [0.2, 0.25) is 0 Å². The molecule has 2 aromatic rings. The molecular weight excluding hydrogens is 140 g/mol. The SMILES string of the molecule is O.c1cnc2cnccc2c1. The maximum atomic E-state index is 4.12. The van der Waals surface area contributed by atoms with Crippen LogP contribution in [0, 0.1) is 0 Å². The van der Waals surface area contributed by atoms with E-state index in [0.29, 0.717) is 0 Å². The van der Waals surface area contributed by atoms with Crippen LogP contribution in [0.25, 0.3) is 10.9 Å². The third-order valence-electron chi connectivity index (χ3n) is 1.41. The molecule has 0 aliphatic heterocycles. The van der Waals surface area contributed by atoms with E-state index in [4.69, 9.17) is 0 Å². The summed E-state index contributed by atoms with van der Waals surface area (Å²) in [4.78, 5) is 8.07. The second-order valence-corrected chi connectivity index (χ2v) is 2.07. The fraction of sp³-hybridized carbons (Fsp3) is 0. The lowest BCUT2D eigenvalue weighted by molar-refractivity contribution is 0.824. The lowest BCUT2D eigenvalue weighted by Crippen LogP contribution is -1.76. The smallest absolute Gasteiger partial charge is 0.0885 e. The van der Waals surface area contributed by atoms with E-state index in [2.05, 4.69) is 9.97 Å². The van der Waals surface area contributed by atoms with Gasteiger partial charge in [0, 0.05) is 17.8 Å². The van der Waals surface area contributed by atoms with Crippen molar-refractivity contribution in [3.8, 4) is 0 Å². The Morgan fingerprint density at radius 3 is 2.82 bits per heavy atom. The van der Waals surface area contributed by atoms with Gasteiger partial charge in [-0.1, -0.05) is 6.07 Å². The number of pyridine rings is 2. The summed E-state index contributed by atoms with van der Waals surface area (Å²) in [5, 5.41) is 1.14. The van der Waals surface area contributed by atoms with Gasteiger partial charge >= 0.3 is 0 Å². The van der Waals surface area contributed by atoms with Gasteiger partial charge in [0.15, 0.2) is 0 Å². The van der Waals surface area contributed by atoms with Crippen molar-refractivity contribution in [3.63, 3.8) is 0 Å². The maximum Gasteiger partial charge on any atom is 0.0885 e. The molecule has 0 fully saturated rings. The van der Waals surface area contributed by atoms with E-state index in [-0.39, 0.29) is 5.48 Å². The summed E-state index contributed by atoms with van der Waals surface area (Å²) in [6, 6.07) is 5.88. The highest BCUT2D eigenvalue weighted by molar-refractivity contribution is 5.76. The van der Waals surface area contributed by atoms with Crippen molar-refractivity contribution >= 4 is 10.9 Å². The van der Waals surface area contributed by atoms with Crippen LogP contribution in [0.2, 0.25) is 0 Å². The number of fused-ring (bicyclic) bond motifs is 1. The Kier molecular flexibility index (Phi) is 2.13. The van der Waals surface area contributed by atoms with Gasteiger partial charge in [-0.15, -0.1) is 0 Å². The van der Waals surface area contributed by atoms with Crippen LogP contribution < -0.4 is 0 Å². The zero-order valence-corrected chi connectivity index (χ0v) is 5.86. The minimum absolute atomic E-state index is 0. The van der Waals surface area contributed by atoms with Gasteiger partial charge in [-0.2, -0.15) is 0 Å². The minimum Gasteiger partial charge on any atom is -0.412 e. The van der Waals surface area contributed by atoms with E-state index >= 15 is 0 Å². The van der Waals surface area contributed by atoms with Crippen LogP contribution in [0.4, 0.5) is 0 Å². The van der Waals surface area contributed by atoms with Crippen LogP contribution in [0.1, 0.15) is 0 Å². The van der Waals surface area contributed by atoms with Crippen molar-refractivity contribution in [3.05, 3.63) is 36.8 Å². The topological polar surface area (TPSA) is 57.3 Å². The van der Waals surface area contributed by atoms with E-state index in [0.717, 1.165) is 10.9 Å². The van der Waals surface area contributed by atoms with Crippen LogP contribution in [0.15, 0.2) is 36.8 Å². The number of hydrogen-bond donors (Lipinski definition) is 0. The largest absolute Gasteiger partial charge is 0.412 e. The second kappa shape index (κ2) is 3.07. The van der Waals surface area contributed by atoms with Crippen LogP contribution in [0.3, 0.4) is 0 Å². The molecule has 0 saturated heterocycles. The van der Waals surface area contributed by atoms with E-state index in [1.54, 1.807) is 18.6 Å². The van der Waals surface area contributed by atoms with Gasteiger partial charge < -0.3 is 5.48 Å². The molecule has 0 amide bonds. The first-order chi connectivity index (χ1) is 4.97. The van der Waals surface area contributed by atoms with Gasteiger partial charge in [0.05, 0.1) is 11.7 Å². The Morgan fingerprint density at radius 2 is 2.00 bits per heavy atom. The first kappa shape index (κ1) is 7.63. The molecule has 0 atom stereocenters. The summed E-state index contributed by atoms with van der Waals surface area (Å²) in [5.41, 5.74) is 0.949. The van der Waals surface area contributed by atoms with Crippen molar-refractivity contribution in [2.45, 2.75) is 0 Å². The second-order valence-electron chi connectivity index (χ2n) is 2.07. The Morgan fingerprint density at radius 1 is 1.09 bits per heavy atom. The van der Waals surface area contributed by atoms with Crippen molar-refractivity contribution in [2.24, 2.45) is 0 Å². The Labute approximate surface area is 64.0 Å². The Balaban J connectivity index is 0.000000605. The van der Waals surface area contributed by atoms with Gasteiger partial charge in [0.1, 0.15) is 0 Å². The van der Waals surface area contributed by atoms with Crippen molar-refractivity contribution in [1.29, 1.82) is 0 Å². The zero-order valence-electron chi connectivity index (χ0n) is 5.86. The molecule has 0 spiro atoms. The quantitative estimate of drug-likeness (QED) is 0.555. The number of rotatable bonds is 0. The summed E-state index contributed by atoms with van der Waals surface area (Å²) in [7, 11) is 0. The van der Waals surface area contributed by atoms with E-state index in [1.807, 2.05) is 18.2 Å². The number of aromatic nitrogens is 2. The predicted molar refractivity (Wildman–Crippen MR) is 43.2 cm³/mol. The fourth-order valence-electron chi connectivity index (χ4n) is 0.916. The third-order valence-corrected chi connectivity index (χ3v) is 1.41. The van der Waals surface area contributed by atoms with Gasteiger partial charge in [-0.05, 0) is 12.1 Å². The molecule has 0 aromatic carbocycles. The zero-order chi connectivity index (χ0) is 6.81. The molecule has 2 N–H and O–H groups in total. The van der Waals surface area contributed by atoms with Crippen molar-refractivity contribution in [1.82, 2.24) is 9.97 Å². The summed E-state index contributed by atoms with van der Waals surface area (Å²) in [6.45, 7) is 0. The van der Waals surface area contributed by atoms with Gasteiger partial charge in [0.25, 0.3) is 0 Å². The summed E-state index contributed by atoms with van der Waals surface area (Å²) < 4.78 is 0. The van der Waals surface area contributed by atoms with Crippen molar-refractivity contribution in [2.75, 3.05) is 0 Å². The monoisotopic (exact) mass is 148 g/mol. The van der Waals surface area contributed by atoms with Crippen LogP contribution in [0.5, 0.6) is 0 Å². The summed E-state index contributed by atoms with van der Waals surface area (Å²) >= 11 is 0. The lowest BCUT2D eigenvalue weighted by Gasteiger charge is -1.90. The molecule has 0 aliphatic rings. The average molecular weight is 148 g/mol. The summed E-state index contributed by atoms with van der Waals surface area (Å²) in [6.07, 6.45) is 5.30. The molecule has 0 bridgehead atoms. The average Bonchev–Trinajstić information content (AvgIpc) is 2.05. The highest BCUT2D eigenvalue weighted by Gasteiger charge is 1.87. The lowest BCUT2D eigenvalue weighted by atomic mass is 10.3. The summed E-state index contributed by atoms with van der Waals surface area (Å²) in [5.74, 6) is 0. The first-order valence-electron chi connectivity index (χ1n) is 3.11. The van der Waals surface area contributed by atoms with E-state index < -0.39 is 0 Å². The molecule has 3 nitrogen and oxygen atoms in total. The molecule has 11 heavy (non-hydrogen) atoms. The highest BCUT2D eigenvalue weighted by Crippen LogP contribution is 2.05. The molecule has 0 unspecified atom stereocenters. The van der Waals surface area contributed by atoms with Gasteiger partial charge in [-0.25, -0.2) is 0 Å². The standard InChI is InChI=1S/C8H6N2.H2O/c1-2-7-3-5-9-6-8(7)10-4-1;/h1-6H;1H2. The predicted octanol–water partition coefficient (Wildman–Crippen LogP) is 0.805. The molecule has 2 rings (SSSR count). The first-order valence-corrected chi connectivity index (χ1v) is 3.11. The van der Waals surface area contributed by atoms with Crippen LogP contribution in [-0.2, 0) is 0 Å². The normalized spacial score (nSPS) is 9.09. The molecule has 2 aromatic heterocycles. The maximum absolute atomic E-state index is 4.12. The molecular formula is C8H8N2O. The van der Waals surface area contributed by atoms with E-state index in [9.17, 15) is 0 Å². The molecule has 0 radical (unpaired) electrons. The number of hydrogen-bond acceptors (Lipinski definition) is 2. The fourth-order valence-corrected chi connectivity index (χ4v) is 0.916. The number of nitrogens with zero attached hydrogens (tertiary/aromatic N) is 2. The molecule has 56 valence electrons. The van der Waals surface area contributed by atoms with Crippen molar-refractivity contribution < 1.29 is 5.48 Å². The Hall–Kier alpha value is -1.48. The molecule has 0 saturated carbocycles. The molecule has 2 heterocycles. The van der Waals surface area contributed by atoms with Crippen LogP contribution in [-0.4, -0.2) is 15.4 Å². The van der Waals surface area contributed by atoms with Gasteiger partial charge in [-0.3, -0.25) is 9.97 Å². The van der Waals surface area contributed by atoms with E-state index in [1.165, 1.54) is 0 Å². The highest BCUT2D eigenvalue weighted by atomic mass is 16.0. The van der Waals surface area contributed by atoms with Crippen LogP contribution >= 0.6 is 0 Å². The third kappa shape index (κ3) is 1.33.